The fraction of sp³-hybridized carbons (Fsp3) is 0.467. The largest absolute Gasteiger partial charge is 0.493 e. The van der Waals surface area contributed by atoms with Crippen LogP contribution in [0.3, 0.4) is 0 Å². The fourth-order valence-corrected chi connectivity index (χ4v) is 3.04. The van der Waals surface area contributed by atoms with Crippen LogP contribution >= 0.6 is 0 Å². The summed E-state index contributed by atoms with van der Waals surface area (Å²) in [5.41, 5.74) is 1.16. The molecule has 20 heavy (non-hydrogen) atoms. The van der Waals surface area contributed by atoms with Gasteiger partial charge < -0.3 is 14.6 Å². The highest BCUT2D eigenvalue weighted by atomic mass is 16.5. The highest BCUT2D eigenvalue weighted by Crippen LogP contribution is 2.37. The first-order chi connectivity index (χ1) is 9.92. The first kappa shape index (κ1) is 11.9. The molecule has 1 aromatic carbocycles. The summed E-state index contributed by atoms with van der Waals surface area (Å²) in [6, 6.07) is 8.33. The van der Waals surface area contributed by atoms with Crippen LogP contribution in [0.5, 0.6) is 5.75 Å². The molecule has 1 unspecified atom stereocenters. The number of nitrogens with zero attached hydrogens (tertiary/aromatic N) is 2. The lowest BCUT2D eigenvalue weighted by atomic mass is 9.92. The number of para-hydroxylation sites is 1. The predicted molar refractivity (Wildman–Crippen MR) is 72.7 cm³/mol. The molecule has 3 heterocycles. The molecule has 2 aliphatic heterocycles. The minimum atomic E-state index is 0.179. The van der Waals surface area contributed by atoms with E-state index in [1.165, 1.54) is 6.42 Å². The van der Waals surface area contributed by atoms with E-state index in [9.17, 15) is 0 Å². The molecule has 1 aromatic heterocycles. The Morgan fingerprint density at radius 1 is 1.20 bits per heavy atom. The SMILES string of the molecule is c1ccc2c(c1)OCCC2c1noc([C@H]2CCCN2)n1. The summed E-state index contributed by atoms with van der Waals surface area (Å²) in [6.07, 6.45) is 3.14. The van der Waals surface area contributed by atoms with E-state index in [0.29, 0.717) is 6.61 Å². The summed E-state index contributed by atoms with van der Waals surface area (Å²) >= 11 is 0. The minimum Gasteiger partial charge on any atom is -0.493 e. The Bertz CT molecular complexity index is 605. The Hall–Kier alpha value is -1.88. The molecule has 0 radical (unpaired) electrons. The van der Waals surface area contributed by atoms with Crippen molar-refractivity contribution >= 4 is 0 Å². The van der Waals surface area contributed by atoms with Gasteiger partial charge in [0.1, 0.15) is 5.75 Å². The maximum Gasteiger partial charge on any atom is 0.243 e. The summed E-state index contributed by atoms with van der Waals surface area (Å²) < 4.78 is 11.1. The average molecular weight is 271 g/mol. The fourth-order valence-electron chi connectivity index (χ4n) is 3.04. The Morgan fingerprint density at radius 3 is 3.05 bits per heavy atom. The summed E-state index contributed by atoms with van der Waals surface area (Å²) in [7, 11) is 0. The molecule has 1 fully saturated rings. The van der Waals surface area contributed by atoms with Gasteiger partial charge in [0.05, 0.1) is 18.6 Å². The summed E-state index contributed by atoms with van der Waals surface area (Å²) in [5, 5.41) is 7.59. The molecule has 104 valence electrons. The molecule has 1 N–H and O–H groups in total. The van der Waals surface area contributed by atoms with Crippen LogP contribution in [0, 0.1) is 0 Å². The van der Waals surface area contributed by atoms with Crippen LogP contribution < -0.4 is 10.1 Å². The summed E-state index contributed by atoms with van der Waals surface area (Å²) in [4.78, 5) is 4.62. The number of hydrogen-bond donors (Lipinski definition) is 1. The van der Waals surface area contributed by atoms with Crippen molar-refractivity contribution < 1.29 is 9.26 Å². The van der Waals surface area contributed by atoms with Crippen LogP contribution in [0.4, 0.5) is 0 Å². The standard InChI is InChI=1S/C15H17N3O2/c1-2-6-13-10(4-1)11(7-9-19-13)14-17-15(20-18-14)12-5-3-8-16-12/h1-2,4,6,11-12,16H,3,5,7-9H2/t11?,12-/m1/s1. The van der Waals surface area contributed by atoms with Crippen molar-refractivity contribution in [3.8, 4) is 5.75 Å². The number of aromatic nitrogens is 2. The van der Waals surface area contributed by atoms with Crippen LogP contribution in [-0.4, -0.2) is 23.3 Å². The summed E-state index contributed by atoms with van der Waals surface area (Å²) in [6.45, 7) is 1.73. The monoisotopic (exact) mass is 271 g/mol. The molecular formula is C15H17N3O2. The third kappa shape index (κ3) is 1.98. The van der Waals surface area contributed by atoms with E-state index < -0.39 is 0 Å². The third-order valence-electron chi connectivity index (χ3n) is 4.09. The molecule has 5 heteroatoms. The first-order valence-electron chi connectivity index (χ1n) is 7.20. The highest BCUT2D eigenvalue weighted by molar-refractivity contribution is 5.40. The van der Waals surface area contributed by atoms with E-state index >= 15 is 0 Å². The van der Waals surface area contributed by atoms with Gasteiger partial charge in [-0.2, -0.15) is 4.98 Å². The lowest BCUT2D eigenvalue weighted by Crippen LogP contribution is -2.17. The van der Waals surface area contributed by atoms with Gasteiger partial charge in [0.15, 0.2) is 5.82 Å². The molecule has 0 aliphatic carbocycles. The molecule has 4 rings (SSSR count). The van der Waals surface area contributed by atoms with Gasteiger partial charge in [-0.15, -0.1) is 0 Å². The smallest absolute Gasteiger partial charge is 0.243 e. The number of hydrogen-bond acceptors (Lipinski definition) is 5. The van der Waals surface area contributed by atoms with E-state index in [1.807, 2.05) is 18.2 Å². The molecular weight excluding hydrogens is 254 g/mol. The predicted octanol–water partition coefficient (Wildman–Crippen LogP) is 2.41. The van der Waals surface area contributed by atoms with Gasteiger partial charge in [0, 0.05) is 5.56 Å². The first-order valence-corrected chi connectivity index (χ1v) is 7.20. The van der Waals surface area contributed by atoms with Crippen molar-refractivity contribution in [3.63, 3.8) is 0 Å². The van der Waals surface area contributed by atoms with Crippen molar-refractivity contribution in [3.05, 3.63) is 41.5 Å². The van der Waals surface area contributed by atoms with Gasteiger partial charge in [0.25, 0.3) is 0 Å². The maximum atomic E-state index is 5.68. The molecule has 5 nitrogen and oxygen atoms in total. The number of rotatable bonds is 2. The summed E-state index contributed by atoms with van der Waals surface area (Å²) in [5.74, 6) is 2.62. The van der Waals surface area contributed by atoms with Crippen molar-refractivity contribution in [2.75, 3.05) is 13.2 Å². The lowest BCUT2D eigenvalue weighted by molar-refractivity contribution is 0.271. The second-order valence-electron chi connectivity index (χ2n) is 5.37. The molecule has 1 saturated heterocycles. The molecule has 0 saturated carbocycles. The van der Waals surface area contributed by atoms with Crippen LogP contribution in [0.15, 0.2) is 28.8 Å². The highest BCUT2D eigenvalue weighted by Gasteiger charge is 2.29. The number of fused-ring (bicyclic) bond motifs is 1. The van der Waals surface area contributed by atoms with Gasteiger partial charge in [0.2, 0.25) is 5.89 Å². The lowest BCUT2D eigenvalue weighted by Gasteiger charge is -2.23. The maximum absolute atomic E-state index is 5.68. The van der Waals surface area contributed by atoms with Gasteiger partial charge >= 0.3 is 0 Å². The van der Waals surface area contributed by atoms with E-state index in [-0.39, 0.29) is 12.0 Å². The molecule has 2 aliphatic rings. The van der Waals surface area contributed by atoms with Gasteiger partial charge in [-0.05, 0) is 31.9 Å². The zero-order valence-electron chi connectivity index (χ0n) is 11.2. The van der Waals surface area contributed by atoms with Crippen molar-refractivity contribution in [2.24, 2.45) is 0 Å². The van der Waals surface area contributed by atoms with Crippen molar-refractivity contribution in [1.82, 2.24) is 15.5 Å². The van der Waals surface area contributed by atoms with E-state index in [1.54, 1.807) is 0 Å². The third-order valence-corrected chi connectivity index (χ3v) is 4.09. The zero-order valence-corrected chi connectivity index (χ0v) is 11.2. The zero-order chi connectivity index (χ0) is 13.4. The van der Waals surface area contributed by atoms with E-state index in [2.05, 4.69) is 21.5 Å². The van der Waals surface area contributed by atoms with E-state index in [4.69, 9.17) is 9.26 Å². The molecule has 0 bridgehead atoms. The van der Waals surface area contributed by atoms with Crippen LogP contribution in [0.2, 0.25) is 0 Å². The molecule has 2 atom stereocenters. The van der Waals surface area contributed by atoms with Gasteiger partial charge in [-0.25, -0.2) is 0 Å². The number of nitrogens with one attached hydrogen (secondary N) is 1. The minimum absolute atomic E-state index is 0.179. The number of benzene rings is 1. The van der Waals surface area contributed by atoms with Gasteiger partial charge in [-0.1, -0.05) is 23.4 Å². The molecule has 2 aromatic rings. The Balaban J connectivity index is 1.65. The van der Waals surface area contributed by atoms with Crippen LogP contribution in [-0.2, 0) is 0 Å². The Morgan fingerprint density at radius 2 is 2.15 bits per heavy atom. The normalized spacial score (nSPS) is 25.2. The number of ether oxygens (including phenoxy) is 1. The average Bonchev–Trinajstić information content (AvgIpc) is 3.17. The molecule has 0 spiro atoms. The molecule has 0 amide bonds. The van der Waals surface area contributed by atoms with Crippen molar-refractivity contribution in [2.45, 2.75) is 31.2 Å². The van der Waals surface area contributed by atoms with Crippen LogP contribution in [0.25, 0.3) is 0 Å². The quantitative estimate of drug-likeness (QED) is 0.909. The second kappa shape index (κ2) is 4.90. The Kier molecular flexibility index (Phi) is 2.92. The van der Waals surface area contributed by atoms with E-state index in [0.717, 1.165) is 42.4 Å². The van der Waals surface area contributed by atoms with Crippen LogP contribution in [0.1, 0.15) is 48.5 Å². The van der Waals surface area contributed by atoms with Crippen molar-refractivity contribution in [1.29, 1.82) is 0 Å². The van der Waals surface area contributed by atoms with Gasteiger partial charge in [-0.3, -0.25) is 0 Å². The topological polar surface area (TPSA) is 60.2 Å². The second-order valence-corrected chi connectivity index (χ2v) is 5.37. The Labute approximate surface area is 117 Å².